The number of aliphatic hydroxyl groups excluding tert-OH is 1. The molecule has 0 aromatic carbocycles. The SMILES string of the molecule is N[C@@H]1CCN(c2cc(N3CCCC3)cnn2)C[C@H]1O. The van der Waals surface area contributed by atoms with Crippen LogP contribution in [0.3, 0.4) is 0 Å². The van der Waals surface area contributed by atoms with Crippen LogP contribution in [0.15, 0.2) is 12.3 Å². The van der Waals surface area contributed by atoms with Gasteiger partial charge in [-0.1, -0.05) is 0 Å². The zero-order valence-corrected chi connectivity index (χ0v) is 11.1. The van der Waals surface area contributed by atoms with Crippen molar-refractivity contribution in [2.75, 3.05) is 36.0 Å². The normalized spacial score (nSPS) is 27.9. The Morgan fingerprint density at radius 2 is 2.00 bits per heavy atom. The maximum absolute atomic E-state index is 9.86. The maximum atomic E-state index is 9.86. The molecule has 3 rings (SSSR count). The Bertz CT molecular complexity index is 435. The Morgan fingerprint density at radius 3 is 2.74 bits per heavy atom. The minimum Gasteiger partial charge on any atom is -0.390 e. The van der Waals surface area contributed by atoms with Gasteiger partial charge >= 0.3 is 0 Å². The molecule has 2 aliphatic heterocycles. The summed E-state index contributed by atoms with van der Waals surface area (Å²) in [5.41, 5.74) is 6.96. The number of hydrogen-bond acceptors (Lipinski definition) is 6. The Morgan fingerprint density at radius 1 is 1.21 bits per heavy atom. The minimum atomic E-state index is -0.481. The molecule has 1 aromatic rings. The molecule has 0 aliphatic carbocycles. The van der Waals surface area contributed by atoms with E-state index in [1.165, 1.54) is 12.8 Å². The van der Waals surface area contributed by atoms with Gasteiger partial charge in [-0.05, 0) is 19.3 Å². The highest BCUT2D eigenvalue weighted by atomic mass is 16.3. The highest BCUT2D eigenvalue weighted by Crippen LogP contribution is 2.24. The Kier molecular flexibility index (Phi) is 3.52. The van der Waals surface area contributed by atoms with Crippen LogP contribution in [0.2, 0.25) is 0 Å². The molecule has 3 N–H and O–H groups in total. The number of piperidine rings is 1. The molecular formula is C13H21N5O. The summed E-state index contributed by atoms with van der Waals surface area (Å²) < 4.78 is 0. The number of aliphatic hydroxyl groups is 1. The Balaban J connectivity index is 1.75. The summed E-state index contributed by atoms with van der Waals surface area (Å²) in [6, 6.07) is 1.95. The molecule has 1 aromatic heterocycles. The van der Waals surface area contributed by atoms with Crippen LogP contribution in [0, 0.1) is 0 Å². The molecular weight excluding hydrogens is 242 g/mol. The minimum absolute atomic E-state index is 0.119. The lowest BCUT2D eigenvalue weighted by atomic mass is 10.0. The second-order valence-corrected chi connectivity index (χ2v) is 5.43. The van der Waals surface area contributed by atoms with Crippen molar-refractivity contribution >= 4 is 11.5 Å². The summed E-state index contributed by atoms with van der Waals surface area (Å²) in [7, 11) is 0. The van der Waals surface area contributed by atoms with Gasteiger partial charge < -0.3 is 20.6 Å². The predicted molar refractivity (Wildman–Crippen MR) is 74.3 cm³/mol. The van der Waals surface area contributed by atoms with E-state index in [0.717, 1.165) is 37.6 Å². The molecule has 0 amide bonds. The summed E-state index contributed by atoms with van der Waals surface area (Å²) in [5, 5.41) is 18.2. The molecule has 2 fully saturated rings. The van der Waals surface area contributed by atoms with E-state index in [-0.39, 0.29) is 6.04 Å². The fourth-order valence-electron chi connectivity index (χ4n) is 2.81. The van der Waals surface area contributed by atoms with E-state index in [0.29, 0.717) is 6.54 Å². The first kappa shape index (κ1) is 12.6. The van der Waals surface area contributed by atoms with Gasteiger partial charge in [0.1, 0.15) is 0 Å². The van der Waals surface area contributed by atoms with Gasteiger partial charge in [0.15, 0.2) is 5.82 Å². The van der Waals surface area contributed by atoms with Crippen molar-refractivity contribution in [3.63, 3.8) is 0 Å². The number of nitrogens with two attached hydrogens (primary N) is 1. The molecule has 6 heteroatoms. The average Bonchev–Trinajstić information content (AvgIpc) is 2.96. The van der Waals surface area contributed by atoms with E-state index in [1.807, 2.05) is 6.20 Å². The molecule has 2 aliphatic rings. The van der Waals surface area contributed by atoms with E-state index in [1.54, 1.807) is 0 Å². The van der Waals surface area contributed by atoms with Gasteiger partial charge in [-0.3, -0.25) is 0 Å². The highest BCUT2D eigenvalue weighted by Gasteiger charge is 2.26. The third-order valence-corrected chi connectivity index (χ3v) is 4.06. The van der Waals surface area contributed by atoms with E-state index < -0.39 is 6.10 Å². The van der Waals surface area contributed by atoms with Gasteiger partial charge in [-0.15, -0.1) is 5.10 Å². The Hall–Kier alpha value is -1.40. The standard InChI is InChI=1S/C13H21N5O/c14-11-3-6-18(9-12(11)19)13-7-10(8-15-16-13)17-4-1-2-5-17/h7-8,11-12,19H,1-6,9,14H2/t11-,12-/m1/s1. The van der Waals surface area contributed by atoms with Crippen molar-refractivity contribution < 1.29 is 5.11 Å². The first-order chi connectivity index (χ1) is 9.24. The van der Waals surface area contributed by atoms with E-state index in [4.69, 9.17) is 5.73 Å². The summed E-state index contributed by atoms with van der Waals surface area (Å²) >= 11 is 0. The van der Waals surface area contributed by atoms with Crippen molar-refractivity contribution in [2.45, 2.75) is 31.4 Å². The average molecular weight is 263 g/mol. The van der Waals surface area contributed by atoms with Crippen LogP contribution in [0.1, 0.15) is 19.3 Å². The zero-order valence-electron chi connectivity index (χ0n) is 11.1. The van der Waals surface area contributed by atoms with Crippen molar-refractivity contribution in [1.82, 2.24) is 10.2 Å². The second-order valence-electron chi connectivity index (χ2n) is 5.43. The smallest absolute Gasteiger partial charge is 0.153 e. The van der Waals surface area contributed by atoms with Crippen LogP contribution in [-0.2, 0) is 0 Å². The van der Waals surface area contributed by atoms with Crippen LogP contribution in [0.25, 0.3) is 0 Å². The van der Waals surface area contributed by atoms with Gasteiger partial charge in [0, 0.05) is 38.3 Å². The van der Waals surface area contributed by atoms with E-state index in [2.05, 4.69) is 26.1 Å². The van der Waals surface area contributed by atoms with Crippen molar-refractivity contribution in [3.05, 3.63) is 12.3 Å². The van der Waals surface area contributed by atoms with Gasteiger partial charge in [-0.2, -0.15) is 5.10 Å². The number of anilines is 2. The van der Waals surface area contributed by atoms with Crippen LogP contribution in [-0.4, -0.2) is 53.6 Å². The van der Waals surface area contributed by atoms with Crippen molar-refractivity contribution in [1.29, 1.82) is 0 Å². The molecule has 0 bridgehead atoms. The topological polar surface area (TPSA) is 78.5 Å². The quantitative estimate of drug-likeness (QED) is 0.780. The van der Waals surface area contributed by atoms with Gasteiger partial charge in [-0.25, -0.2) is 0 Å². The summed E-state index contributed by atoms with van der Waals surface area (Å²) in [6.45, 7) is 3.56. The molecule has 2 atom stereocenters. The molecule has 2 saturated heterocycles. The molecule has 0 spiro atoms. The van der Waals surface area contributed by atoms with E-state index in [9.17, 15) is 5.11 Å². The third kappa shape index (κ3) is 2.64. The lowest BCUT2D eigenvalue weighted by molar-refractivity contribution is 0.131. The molecule has 104 valence electrons. The van der Waals surface area contributed by atoms with Gasteiger partial charge in [0.05, 0.1) is 18.0 Å². The summed E-state index contributed by atoms with van der Waals surface area (Å²) in [4.78, 5) is 4.41. The molecule has 3 heterocycles. The number of nitrogens with zero attached hydrogens (tertiary/aromatic N) is 4. The molecule has 0 radical (unpaired) electrons. The summed E-state index contributed by atoms with van der Waals surface area (Å²) in [6.07, 6.45) is 4.62. The van der Waals surface area contributed by atoms with Crippen molar-refractivity contribution in [3.8, 4) is 0 Å². The fourth-order valence-corrected chi connectivity index (χ4v) is 2.81. The Labute approximate surface area is 113 Å². The number of rotatable bonds is 2. The van der Waals surface area contributed by atoms with Crippen LogP contribution < -0.4 is 15.5 Å². The van der Waals surface area contributed by atoms with E-state index >= 15 is 0 Å². The molecule has 0 unspecified atom stereocenters. The fraction of sp³-hybridized carbons (Fsp3) is 0.692. The number of β-amino-alcohol motifs (C(OH)–C–C–N with tert-alkyl or cyclic N) is 1. The third-order valence-electron chi connectivity index (χ3n) is 4.06. The first-order valence-electron chi connectivity index (χ1n) is 7.00. The molecule has 0 saturated carbocycles. The van der Waals surface area contributed by atoms with Crippen LogP contribution >= 0.6 is 0 Å². The van der Waals surface area contributed by atoms with Crippen molar-refractivity contribution in [2.24, 2.45) is 5.73 Å². The first-order valence-corrected chi connectivity index (χ1v) is 7.00. The van der Waals surface area contributed by atoms with Gasteiger partial charge in [0.2, 0.25) is 0 Å². The van der Waals surface area contributed by atoms with Crippen LogP contribution in [0.5, 0.6) is 0 Å². The largest absolute Gasteiger partial charge is 0.390 e. The summed E-state index contributed by atoms with van der Waals surface area (Å²) in [5.74, 6) is 0.843. The number of aromatic nitrogens is 2. The lowest BCUT2D eigenvalue weighted by Gasteiger charge is -2.34. The second kappa shape index (κ2) is 5.30. The zero-order chi connectivity index (χ0) is 13.2. The number of hydrogen-bond donors (Lipinski definition) is 2. The molecule has 6 nitrogen and oxygen atoms in total. The van der Waals surface area contributed by atoms with Gasteiger partial charge in [0.25, 0.3) is 0 Å². The maximum Gasteiger partial charge on any atom is 0.153 e. The highest BCUT2D eigenvalue weighted by molar-refractivity contribution is 5.54. The van der Waals surface area contributed by atoms with Crippen LogP contribution in [0.4, 0.5) is 11.5 Å². The monoisotopic (exact) mass is 263 g/mol. The predicted octanol–water partition coefficient (Wildman–Crippen LogP) is -0.0249. The lowest BCUT2D eigenvalue weighted by Crippen LogP contribution is -2.50. The molecule has 19 heavy (non-hydrogen) atoms.